The summed E-state index contributed by atoms with van der Waals surface area (Å²) in [7, 11) is -2.89. The summed E-state index contributed by atoms with van der Waals surface area (Å²) >= 11 is 0. The number of aliphatic hydroxyl groups is 2. The molecule has 10 nitrogen and oxygen atoms in total. The molecule has 11 heteroatoms. The molecule has 1 aromatic rings. The van der Waals surface area contributed by atoms with E-state index in [0.29, 0.717) is 18.5 Å². The van der Waals surface area contributed by atoms with Crippen molar-refractivity contribution in [3.8, 4) is 11.8 Å². The van der Waals surface area contributed by atoms with Crippen LogP contribution in [0.25, 0.3) is 0 Å². The van der Waals surface area contributed by atoms with Crippen LogP contribution in [0.1, 0.15) is 70.9 Å². The molecule has 1 fully saturated rings. The number of aromatic amines is 1. The first kappa shape index (κ1) is 26.7. The van der Waals surface area contributed by atoms with Crippen molar-refractivity contribution < 1.29 is 33.7 Å². The summed E-state index contributed by atoms with van der Waals surface area (Å²) in [5.41, 5.74) is -0.996. The molecule has 0 amide bonds. The fraction of sp³-hybridized carbons (Fsp3) is 0.714. The molecule has 7 atom stereocenters. The molecule has 180 valence electrons. The number of hydrogen-bond acceptors (Lipinski definition) is 8. The molecule has 0 radical (unpaired) electrons. The van der Waals surface area contributed by atoms with Crippen LogP contribution in [0.15, 0.2) is 11.0 Å². The summed E-state index contributed by atoms with van der Waals surface area (Å²) < 4.78 is 29.7. The van der Waals surface area contributed by atoms with E-state index in [1.165, 1.54) is 7.11 Å². The Kier molecular flexibility index (Phi) is 9.20. The molecule has 1 aliphatic rings. The summed E-state index contributed by atoms with van der Waals surface area (Å²) in [6.07, 6.45) is -1.31. The van der Waals surface area contributed by atoms with Crippen molar-refractivity contribution in [1.82, 2.24) is 9.97 Å². The van der Waals surface area contributed by atoms with E-state index in [-0.39, 0.29) is 18.5 Å². The maximum absolute atomic E-state index is 12.5. The van der Waals surface area contributed by atoms with Crippen molar-refractivity contribution in [2.24, 2.45) is 0 Å². The fourth-order valence-corrected chi connectivity index (χ4v) is 5.36. The van der Waals surface area contributed by atoms with E-state index in [0.717, 1.165) is 6.20 Å². The summed E-state index contributed by atoms with van der Waals surface area (Å²) in [4.78, 5) is 28.7. The molecule has 1 aliphatic heterocycles. The molecular formula is C21H33N2O8P. The summed E-state index contributed by atoms with van der Waals surface area (Å²) in [6, 6.07) is 0. The number of rotatable bonds is 10. The van der Waals surface area contributed by atoms with E-state index < -0.39 is 49.0 Å². The molecule has 4 N–H and O–H groups in total. The predicted octanol–water partition coefficient (Wildman–Crippen LogP) is 1.84. The number of nitrogens with zero attached hydrogens (tertiary/aromatic N) is 1. The van der Waals surface area contributed by atoms with Gasteiger partial charge in [0.1, 0.15) is 29.7 Å². The number of aliphatic hydroxyl groups excluding tert-OH is 2. The van der Waals surface area contributed by atoms with Crippen LogP contribution in [0, 0.1) is 11.8 Å². The third-order valence-corrected chi connectivity index (χ3v) is 7.28. The number of aromatic nitrogens is 2. The molecule has 2 heterocycles. The van der Waals surface area contributed by atoms with Crippen molar-refractivity contribution >= 4 is 7.60 Å². The molecule has 0 bridgehead atoms. The first-order chi connectivity index (χ1) is 15.0. The van der Waals surface area contributed by atoms with Crippen molar-refractivity contribution in [2.75, 3.05) is 7.11 Å². The van der Waals surface area contributed by atoms with E-state index in [4.69, 9.17) is 14.0 Å². The molecule has 4 unspecified atom stereocenters. The molecule has 0 saturated carbocycles. The molecule has 1 saturated heterocycles. The van der Waals surface area contributed by atoms with Gasteiger partial charge in [0.25, 0.3) is 5.56 Å². The Morgan fingerprint density at radius 3 is 2.69 bits per heavy atom. The zero-order valence-electron chi connectivity index (χ0n) is 19.1. The normalized spacial score (nSPS) is 27.8. The third-order valence-electron chi connectivity index (χ3n) is 5.46. The molecular weight excluding hydrogens is 439 g/mol. The second-order valence-electron chi connectivity index (χ2n) is 8.12. The maximum Gasteiger partial charge on any atom is 0.356 e. The van der Waals surface area contributed by atoms with Gasteiger partial charge in [-0.25, -0.2) is 4.98 Å². The van der Waals surface area contributed by atoms with Crippen LogP contribution in [0.3, 0.4) is 0 Å². The van der Waals surface area contributed by atoms with Crippen molar-refractivity contribution in [1.29, 1.82) is 0 Å². The average Bonchev–Trinajstić information content (AvgIpc) is 3.02. The Morgan fingerprint density at radius 2 is 2.12 bits per heavy atom. The van der Waals surface area contributed by atoms with Gasteiger partial charge in [0.15, 0.2) is 5.85 Å². The lowest BCUT2D eigenvalue weighted by molar-refractivity contribution is -0.0519. The minimum atomic E-state index is -4.31. The number of H-pyrrole nitrogens is 1. The number of nitrogens with one attached hydrogen (secondary N) is 1. The van der Waals surface area contributed by atoms with Gasteiger partial charge < -0.3 is 34.1 Å². The first-order valence-electron chi connectivity index (χ1n) is 10.6. The molecule has 0 aromatic carbocycles. The van der Waals surface area contributed by atoms with Crippen LogP contribution in [-0.4, -0.2) is 61.9 Å². The van der Waals surface area contributed by atoms with Crippen molar-refractivity contribution in [3.63, 3.8) is 0 Å². The van der Waals surface area contributed by atoms with Crippen molar-refractivity contribution in [2.45, 2.75) is 89.2 Å². The van der Waals surface area contributed by atoms with Gasteiger partial charge in [0, 0.05) is 13.5 Å². The Morgan fingerprint density at radius 1 is 1.44 bits per heavy atom. The van der Waals surface area contributed by atoms with Crippen LogP contribution >= 0.6 is 7.60 Å². The van der Waals surface area contributed by atoms with E-state index >= 15 is 0 Å². The minimum absolute atomic E-state index is 0.0610. The number of ether oxygens (including phenoxy) is 2. The summed E-state index contributed by atoms with van der Waals surface area (Å²) in [5.74, 6) is 3.98. The third kappa shape index (κ3) is 6.06. The summed E-state index contributed by atoms with van der Waals surface area (Å²) in [5, 5.41) is 20.8. The highest BCUT2D eigenvalue weighted by Crippen LogP contribution is 2.53. The number of methoxy groups -OCH3 is 1. The average molecular weight is 472 g/mol. The topological polar surface area (TPSA) is 151 Å². The van der Waals surface area contributed by atoms with Crippen LogP contribution in [0.4, 0.5) is 0 Å². The van der Waals surface area contributed by atoms with Gasteiger partial charge in [-0.2, -0.15) is 0 Å². The van der Waals surface area contributed by atoms with Crippen molar-refractivity contribution in [3.05, 3.63) is 27.9 Å². The lowest BCUT2D eigenvalue weighted by atomic mass is 9.90. The van der Waals surface area contributed by atoms with Gasteiger partial charge in [-0.05, 0) is 32.6 Å². The molecule has 0 spiro atoms. The predicted molar refractivity (Wildman–Crippen MR) is 117 cm³/mol. The zero-order chi connectivity index (χ0) is 24.1. The van der Waals surface area contributed by atoms with Gasteiger partial charge >= 0.3 is 7.60 Å². The lowest BCUT2D eigenvalue weighted by Crippen LogP contribution is -2.39. The SMILES string of the molecule is CC#Cc1[nH]c(=O)cnc1[C@@H]1O[C@H](CC(C)(CCC)OP(=O)(O)C(O)CC)C(O)[C@@H]1OC. The Hall–Kier alpha value is -1.57. The van der Waals surface area contributed by atoms with E-state index in [9.17, 15) is 24.5 Å². The van der Waals surface area contributed by atoms with E-state index in [2.05, 4.69) is 21.8 Å². The Bertz CT molecular complexity index is 942. The minimum Gasteiger partial charge on any atom is -0.388 e. The van der Waals surface area contributed by atoms with Gasteiger partial charge in [-0.15, -0.1) is 0 Å². The molecule has 32 heavy (non-hydrogen) atoms. The molecule has 2 rings (SSSR count). The quantitative estimate of drug-likeness (QED) is 0.295. The van der Waals surface area contributed by atoms with Crippen LogP contribution in [0.5, 0.6) is 0 Å². The Balaban J connectivity index is 2.35. The maximum atomic E-state index is 12.5. The Labute approximate surface area is 187 Å². The first-order valence-corrected chi connectivity index (χ1v) is 12.3. The fourth-order valence-electron chi connectivity index (χ4n) is 3.98. The smallest absolute Gasteiger partial charge is 0.356 e. The molecule has 0 aliphatic carbocycles. The summed E-state index contributed by atoms with van der Waals surface area (Å²) in [6.45, 7) is 6.74. The van der Waals surface area contributed by atoms with Crippen LogP contribution in [-0.2, 0) is 18.6 Å². The highest BCUT2D eigenvalue weighted by molar-refractivity contribution is 7.53. The van der Waals surface area contributed by atoms with E-state index in [1.54, 1.807) is 20.8 Å². The largest absolute Gasteiger partial charge is 0.388 e. The van der Waals surface area contributed by atoms with Crippen LogP contribution < -0.4 is 5.56 Å². The van der Waals surface area contributed by atoms with Crippen LogP contribution in [0.2, 0.25) is 0 Å². The highest BCUT2D eigenvalue weighted by atomic mass is 31.2. The second kappa shape index (κ2) is 11.0. The zero-order valence-corrected chi connectivity index (χ0v) is 20.0. The highest BCUT2D eigenvalue weighted by Gasteiger charge is 2.50. The van der Waals surface area contributed by atoms with Gasteiger partial charge in [0.05, 0.1) is 17.9 Å². The van der Waals surface area contributed by atoms with Gasteiger partial charge in [-0.1, -0.05) is 26.2 Å². The van der Waals surface area contributed by atoms with Gasteiger partial charge in [-0.3, -0.25) is 9.36 Å². The second-order valence-corrected chi connectivity index (χ2v) is 10.0. The van der Waals surface area contributed by atoms with Gasteiger partial charge in [0.2, 0.25) is 0 Å². The number of hydrogen-bond donors (Lipinski definition) is 4. The lowest BCUT2D eigenvalue weighted by Gasteiger charge is -2.35. The van der Waals surface area contributed by atoms with E-state index in [1.807, 2.05) is 6.92 Å². The monoisotopic (exact) mass is 472 g/mol. The molecule has 1 aromatic heterocycles. The standard InChI is InChI=1S/C21H33N2O8P/c1-6-9-13-17(22-12-15(24)23-13)19-20(29-5)18(26)14(30-19)11-21(4,10-7-2)31-32(27,28)16(25)8-3/h12,14,16,18-20,25-26H,7-8,10-11H2,1-5H3,(H,23,24)(H,27,28)/t14-,16?,18?,19+,20+,21?/m1/s1.